The highest BCUT2D eigenvalue weighted by Gasteiger charge is 2.17. The lowest BCUT2D eigenvalue weighted by Gasteiger charge is -2.10. The number of para-hydroxylation sites is 1. The highest BCUT2D eigenvalue weighted by atomic mass is 16.5. The highest BCUT2D eigenvalue weighted by Crippen LogP contribution is 2.22. The van der Waals surface area contributed by atoms with Crippen LogP contribution in [0.4, 0.5) is 5.69 Å². The molecule has 0 atom stereocenters. The molecule has 0 aliphatic heterocycles. The minimum Gasteiger partial charge on any atom is -0.507 e. The second-order valence-electron chi connectivity index (χ2n) is 5.17. The lowest BCUT2D eigenvalue weighted by atomic mass is 10.1. The standard InChI is InChI=1S/C18H18N2O6/c1-25-15-6-4-3-5-11(15)10-19-16(22)17(23)20-12-7-8-14(21)13(9-12)18(24)26-2/h3-9,21H,10H2,1-2H3,(H,19,22)(H,20,23). The Balaban J connectivity index is 2.01. The zero-order valence-electron chi connectivity index (χ0n) is 14.2. The van der Waals surface area contributed by atoms with E-state index in [9.17, 15) is 19.5 Å². The molecule has 3 N–H and O–H groups in total. The molecule has 0 aliphatic rings. The van der Waals surface area contributed by atoms with Crippen LogP contribution in [0.15, 0.2) is 42.5 Å². The number of rotatable bonds is 5. The van der Waals surface area contributed by atoms with Gasteiger partial charge in [0.1, 0.15) is 17.1 Å². The van der Waals surface area contributed by atoms with E-state index in [-0.39, 0.29) is 23.5 Å². The van der Waals surface area contributed by atoms with E-state index in [1.165, 1.54) is 32.4 Å². The Kier molecular flexibility index (Phi) is 6.15. The van der Waals surface area contributed by atoms with Crippen LogP contribution in [-0.4, -0.2) is 37.1 Å². The maximum atomic E-state index is 12.0. The Bertz CT molecular complexity index is 834. The van der Waals surface area contributed by atoms with Gasteiger partial charge in [-0.1, -0.05) is 18.2 Å². The Morgan fingerprint density at radius 3 is 2.46 bits per heavy atom. The largest absolute Gasteiger partial charge is 0.507 e. The van der Waals surface area contributed by atoms with Crippen molar-refractivity contribution in [3.8, 4) is 11.5 Å². The summed E-state index contributed by atoms with van der Waals surface area (Å²) in [6.45, 7) is 0.110. The first-order valence-electron chi connectivity index (χ1n) is 7.58. The zero-order chi connectivity index (χ0) is 19.1. The topological polar surface area (TPSA) is 114 Å². The van der Waals surface area contributed by atoms with Gasteiger partial charge in [-0.2, -0.15) is 0 Å². The molecule has 0 spiro atoms. The van der Waals surface area contributed by atoms with Crippen molar-refractivity contribution in [2.24, 2.45) is 0 Å². The van der Waals surface area contributed by atoms with Crippen LogP contribution in [-0.2, 0) is 20.9 Å². The molecule has 0 aromatic heterocycles. The monoisotopic (exact) mass is 358 g/mol. The SMILES string of the molecule is COC(=O)c1cc(NC(=O)C(=O)NCc2ccccc2OC)ccc1O. The van der Waals surface area contributed by atoms with Crippen molar-refractivity contribution >= 4 is 23.5 Å². The number of hydrogen-bond donors (Lipinski definition) is 3. The van der Waals surface area contributed by atoms with Crippen molar-refractivity contribution in [2.45, 2.75) is 6.54 Å². The Morgan fingerprint density at radius 2 is 1.77 bits per heavy atom. The number of amides is 2. The van der Waals surface area contributed by atoms with Gasteiger partial charge in [0.25, 0.3) is 0 Å². The molecule has 26 heavy (non-hydrogen) atoms. The molecule has 2 amide bonds. The predicted octanol–water partition coefficient (Wildman–Crippen LogP) is 1.44. The van der Waals surface area contributed by atoms with Gasteiger partial charge in [-0.25, -0.2) is 4.79 Å². The van der Waals surface area contributed by atoms with Crippen LogP contribution < -0.4 is 15.4 Å². The number of methoxy groups -OCH3 is 2. The van der Waals surface area contributed by atoms with Gasteiger partial charge in [0, 0.05) is 17.8 Å². The summed E-state index contributed by atoms with van der Waals surface area (Å²) < 4.78 is 9.70. The molecule has 136 valence electrons. The molecule has 0 saturated carbocycles. The summed E-state index contributed by atoms with van der Waals surface area (Å²) in [6, 6.07) is 10.9. The first-order valence-corrected chi connectivity index (χ1v) is 7.58. The van der Waals surface area contributed by atoms with Gasteiger partial charge in [-0.3, -0.25) is 9.59 Å². The lowest BCUT2D eigenvalue weighted by molar-refractivity contribution is -0.136. The Labute approximate surface area is 149 Å². The molecular weight excluding hydrogens is 340 g/mol. The average Bonchev–Trinajstić information content (AvgIpc) is 2.66. The molecule has 0 aliphatic carbocycles. The predicted molar refractivity (Wildman–Crippen MR) is 92.9 cm³/mol. The molecule has 0 saturated heterocycles. The quantitative estimate of drug-likeness (QED) is 0.423. The number of aromatic hydroxyl groups is 1. The summed E-state index contributed by atoms with van der Waals surface area (Å²) in [5, 5.41) is 14.5. The molecule has 2 aromatic rings. The number of hydrogen-bond acceptors (Lipinski definition) is 6. The van der Waals surface area contributed by atoms with Crippen LogP contribution in [0.1, 0.15) is 15.9 Å². The number of carbonyl (C=O) groups excluding carboxylic acids is 3. The number of ether oxygens (including phenoxy) is 2. The number of phenols is 1. The van der Waals surface area contributed by atoms with Gasteiger partial charge in [-0.15, -0.1) is 0 Å². The van der Waals surface area contributed by atoms with E-state index in [0.717, 1.165) is 0 Å². The van der Waals surface area contributed by atoms with Crippen LogP contribution >= 0.6 is 0 Å². The molecule has 2 aromatic carbocycles. The highest BCUT2D eigenvalue weighted by molar-refractivity contribution is 6.39. The molecule has 0 unspecified atom stereocenters. The fourth-order valence-corrected chi connectivity index (χ4v) is 2.18. The summed E-state index contributed by atoms with van der Waals surface area (Å²) in [7, 11) is 2.68. The number of nitrogens with one attached hydrogen (secondary N) is 2. The van der Waals surface area contributed by atoms with Crippen LogP contribution in [0.2, 0.25) is 0 Å². The van der Waals surface area contributed by atoms with Gasteiger partial charge in [0.2, 0.25) is 0 Å². The second kappa shape index (κ2) is 8.52. The molecule has 0 radical (unpaired) electrons. The number of carbonyl (C=O) groups is 3. The first-order chi connectivity index (χ1) is 12.5. The Hall–Kier alpha value is -3.55. The third-order valence-corrected chi connectivity index (χ3v) is 3.50. The van der Waals surface area contributed by atoms with Crippen molar-refractivity contribution in [1.29, 1.82) is 0 Å². The maximum Gasteiger partial charge on any atom is 0.341 e. The third-order valence-electron chi connectivity index (χ3n) is 3.50. The van der Waals surface area contributed by atoms with Crippen molar-refractivity contribution in [1.82, 2.24) is 5.32 Å². The number of anilines is 1. The third kappa shape index (κ3) is 4.50. The molecular formula is C18H18N2O6. The van der Waals surface area contributed by atoms with Gasteiger partial charge in [-0.05, 0) is 24.3 Å². The van der Waals surface area contributed by atoms with Crippen LogP contribution in [0.25, 0.3) is 0 Å². The maximum absolute atomic E-state index is 12.0. The van der Waals surface area contributed by atoms with E-state index < -0.39 is 17.8 Å². The van der Waals surface area contributed by atoms with E-state index in [2.05, 4.69) is 15.4 Å². The van der Waals surface area contributed by atoms with Crippen molar-refractivity contribution in [3.05, 3.63) is 53.6 Å². The fraction of sp³-hybridized carbons (Fsp3) is 0.167. The summed E-state index contributed by atoms with van der Waals surface area (Å²) >= 11 is 0. The zero-order valence-corrected chi connectivity index (χ0v) is 14.2. The molecule has 0 bridgehead atoms. The first kappa shape index (κ1) is 18.8. The van der Waals surface area contributed by atoms with E-state index in [1.807, 2.05) is 0 Å². The Morgan fingerprint density at radius 1 is 1.04 bits per heavy atom. The van der Waals surface area contributed by atoms with E-state index >= 15 is 0 Å². The fourth-order valence-electron chi connectivity index (χ4n) is 2.18. The van der Waals surface area contributed by atoms with Crippen LogP contribution in [0.3, 0.4) is 0 Å². The minimum absolute atomic E-state index is 0.110. The van der Waals surface area contributed by atoms with Crippen molar-refractivity contribution < 1.29 is 29.0 Å². The van der Waals surface area contributed by atoms with Crippen molar-refractivity contribution in [3.63, 3.8) is 0 Å². The molecule has 0 fully saturated rings. The molecule has 0 heterocycles. The van der Waals surface area contributed by atoms with Gasteiger partial charge < -0.3 is 25.2 Å². The van der Waals surface area contributed by atoms with E-state index in [4.69, 9.17) is 4.74 Å². The number of esters is 1. The van der Waals surface area contributed by atoms with Crippen LogP contribution in [0.5, 0.6) is 11.5 Å². The summed E-state index contributed by atoms with van der Waals surface area (Å²) in [6.07, 6.45) is 0. The molecule has 8 heteroatoms. The summed E-state index contributed by atoms with van der Waals surface area (Å²) in [4.78, 5) is 35.5. The lowest BCUT2D eigenvalue weighted by Crippen LogP contribution is -2.35. The number of phenolic OH excluding ortho intramolecular Hbond substituents is 1. The van der Waals surface area contributed by atoms with E-state index in [1.54, 1.807) is 24.3 Å². The average molecular weight is 358 g/mol. The normalized spacial score (nSPS) is 9.92. The molecule has 8 nitrogen and oxygen atoms in total. The molecule has 2 rings (SSSR count). The van der Waals surface area contributed by atoms with Crippen molar-refractivity contribution in [2.75, 3.05) is 19.5 Å². The smallest absolute Gasteiger partial charge is 0.341 e. The van der Waals surface area contributed by atoms with Crippen LogP contribution in [0, 0.1) is 0 Å². The number of benzene rings is 2. The van der Waals surface area contributed by atoms with Gasteiger partial charge >= 0.3 is 17.8 Å². The van der Waals surface area contributed by atoms with Gasteiger partial charge in [0.15, 0.2) is 0 Å². The summed E-state index contributed by atoms with van der Waals surface area (Å²) in [5.41, 5.74) is 0.758. The van der Waals surface area contributed by atoms with E-state index in [0.29, 0.717) is 11.3 Å². The minimum atomic E-state index is -0.915. The van der Waals surface area contributed by atoms with Gasteiger partial charge in [0.05, 0.1) is 14.2 Å². The summed E-state index contributed by atoms with van der Waals surface area (Å²) in [5.74, 6) is -2.24. The second-order valence-corrected chi connectivity index (χ2v) is 5.17.